The summed E-state index contributed by atoms with van der Waals surface area (Å²) >= 11 is 0. The first-order chi connectivity index (χ1) is 12.8. The van der Waals surface area contributed by atoms with E-state index in [4.69, 9.17) is 10.00 Å². The smallest absolute Gasteiger partial charge is 0.251 e. The van der Waals surface area contributed by atoms with Crippen molar-refractivity contribution < 1.29 is 9.53 Å². The Morgan fingerprint density at radius 2 is 2.23 bits per heavy atom. The molecule has 1 saturated heterocycles. The summed E-state index contributed by atoms with van der Waals surface area (Å²) in [7, 11) is 0. The number of pyridine rings is 1. The Morgan fingerprint density at radius 1 is 1.31 bits per heavy atom. The molecule has 2 aromatic rings. The highest BCUT2D eigenvalue weighted by Gasteiger charge is 2.15. The first kappa shape index (κ1) is 17.9. The largest absolute Gasteiger partial charge is 0.376 e. The van der Waals surface area contributed by atoms with Crippen LogP contribution in [0.25, 0.3) is 0 Å². The molecule has 1 amide bonds. The molecule has 0 saturated carbocycles. The molecule has 1 unspecified atom stereocenters. The van der Waals surface area contributed by atoms with Gasteiger partial charge in [-0.2, -0.15) is 5.26 Å². The number of ether oxygens (including phenoxy) is 1. The van der Waals surface area contributed by atoms with Crippen LogP contribution in [0.3, 0.4) is 0 Å². The molecule has 6 nitrogen and oxygen atoms in total. The Kier molecular flexibility index (Phi) is 6.18. The number of carbonyl (C=O) groups excluding carboxylic acids is 1. The van der Waals surface area contributed by atoms with Gasteiger partial charge in [-0.3, -0.25) is 4.79 Å². The average molecular weight is 350 g/mol. The number of carbonyl (C=O) groups is 1. The highest BCUT2D eigenvalue weighted by Crippen LogP contribution is 2.14. The van der Waals surface area contributed by atoms with Crippen molar-refractivity contribution in [1.29, 1.82) is 5.26 Å². The van der Waals surface area contributed by atoms with Crippen LogP contribution in [0.4, 0.5) is 5.82 Å². The normalized spacial score (nSPS) is 16.5. The van der Waals surface area contributed by atoms with E-state index < -0.39 is 0 Å². The molecular formula is C20H22N4O2. The Morgan fingerprint density at radius 3 is 3.04 bits per heavy atom. The fourth-order valence-electron chi connectivity index (χ4n) is 2.92. The Bertz CT molecular complexity index is 794. The van der Waals surface area contributed by atoms with Crippen molar-refractivity contribution in [2.45, 2.75) is 31.9 Å². The van der Waals surface area contributed by atoms with E-state index in [9.17, 15) is 4.79 Å². The second kappa shape index (κ2) is 8.97. The summed E-state index contributed by atoms with van der Waals surface area (Å²) in [5.74, 6) is 0.441. The van der Waals surface area contributed by atoms with Gasteiger partial charge >= 0.3 is 0 Å². The fraction of sp³-hybridized carbons (Fsp3) is 0.350. The minimum atomic E-state index is -0.100. The molecule has 0 aliphatic carbocycles. The van der Waals surface area contributed by atoms with Gasteiger partial charge in [0.2, 0.25) is 0 Å². The zero-order valence-electron chi connectivity index (χ0n) is 14.6. The number of amides is 1. The first-order valence-electron chi connectivity index (χ1n) is 8.84. The van der Waals surface area contributed by atoms with Crippen LogP contribution in [0, 0.1) is 11.3 Å². The van der Waals surface area contributed by atoms with E-state index in [0.29, 0.717) is 30.0 Å². The summed E-state index contributed by atoms with van der Waals surface area (Å²) in [5.41, 5.74) is 2.05. The molecule has 6 heteroatoms. The van der Waals surface area contributed by atoms with Crippen molar-refractivity contribution in [3.05, 3.63) is 59.3 Å². The number of aromatic nitrogens is 1. The standard InChI is InChI=1S/C20H22N4O2/c21-12-17-7-4-9-22-19(17)23-13-15-5-3-6-16(11-15)20(25)24-14-18-8-1-2-10-26-18/h3-7,9,11,18H,1-2,8,10,13-14H2,(H,22,23)(H,24,25). The lowest BCUT2D eigenvalue weighted by molar-refractivity contribution is 0.0169. The van der Waals surface area contributed by atoms with Gasteiger partial charge in [0.05, 0.1) is 11.7 Å². The van der Waals surface area contributed by atoms with E-state index in [2.05, 4.69) is 21.7 Å². The third-order valence-electron chi connectivity index (χ3n) is 4.34. The van der Waals surface area contributed by atoms with Gasteiger partial charge in [-0.15, -0.1) is 0 Å². The monoisotopic (exact) mass is 350 g/mol. The number of hydrogen-bond donors (Lipinski definition) is 2. The number of nitriles is 1. The zero-order chi connectivity index (χ0) is 18.2. The average Bonchev–Trinajstić information content (AvgIpc) is 2.71. The van der Waals surface area contributed by atoms with Gasteiger partial charge in [0, 0.05) is 31.5 Å². The van der Waals surface area contributed by atoms with Gasteiger partial charge in [0.25, 0.3) is 5.91 Å². The lowest BCUT2D eigenvalue weighted by atomic mass is 10.1. The second-order valence-electron chi connectivity index (χ2n) is 6.26. The van der Waals surface area contributed by atoms with Crippen LogP contribution < -0.4 is 10.6 Å². The van der Waals surface area contributed by atoms with Crippen LogP contribution in [-0.2, 0) is 11.3 Å². The maximum Gasteiger partial charge on any atom is 0.251 e. The van der Waals surface area contributed by atoms with Gasteiger partial charge in [0.15, 0.2) is 0 Å². The number of benzene rings is 1. The van der Waals surface area contributed by atoms with Gasteiger partial charge in [-0.05, 0) is 49.1 Å². The van der Waals surface area contributed by atoms with Gasteiger partial charge in [-0.25, -0.2) is 4.98 Å². The van der Waals surface area contributed by atoms with Gasteiger partial charge in [0.1, 0.15) is 11.9 Å². The maximum atomic E-state index is 12.4. The van der Waals surface area contributed by atoms with Gasteiger partial charge < -0.3 is 15.4 Å². The van der Waals surface area contributed by atoms with Gasteiger partial charge in [-0.1, -0.05) is 12.1 Å². The second-order valence-corrected chi connectivity index (χ2v) is 6.26. The van der Waals surface area contributed by atoms with Crippen LogP contribution in [-0.4, -0.2) is 30.1 Å². The summed E-state index contributed by atoms with van der Waals surface area (Å²) < 4.78 is 5.64. The Hall–Kier alpha value is -2.91. The number of rotatable bonds is 6. The third-order valence-corrected chi connectivity index (χ3v) is 4.34. The predicted octanol–water partition coefficient (Wildman–Crippen LogP) is 2.86. The van der Waals surface area contributed by atoms with E-state index in [1.165, 1.54) is 0 Å². The molecular weight excluding hydrogens is 328 g/mol. The summed E-state index contributed by atoms with van der Waals surface area (Å²) in [4.78, 5) is 16.5. The summed E-state index contributed by atoms with van der Waals surface area (Å²) in [5, 5.41) is 15.2. The molecule has 0 spiro atoms. The molecule has 26 heavy (non-hydrogen) atoms. The maximum absolute atomic E-state index is 12.4. The van der Waals surface area contributed by atoms with Crippen LogP contribution in [0.2, 0.25) is 0 Å². The number of hydrogen-bond acceptors (Lipinski definition) is 5. The molecule has 1 aromatic carbocycles. The molecule has 1 atom stereocenters. The number of anilines is 1. The van der Waals surface area contributed by atoms with Crippen molar-refractivity contribution in [2.75, 3.05) is 18.5 Å². The van der Waals surface area contributed by atoms with E-state index in [0.717, 1.165) is 31.4 Å². The van der Waals surface area contributed by atoms with Crippen molar-refractivity contribution >= 4 is 11.7 Å². The zero-order valence-corrected chi connectivity index (χ0v) is 14.6. The SMILES string of the molecule is N#Cc1cccnc1NCc1cccc(C(=O)NCC2CCCCO2)c1. The molecule has 1 fully saturated rings. The Labute approximate surface area is 153 Å². The van der Waals surface area contributed by atoms with Crippen LogP contribution in [0.15, 0.2) is 42.6 Å². The van der Waals surface area contributed by atoms with Crippen molar-refractivity contribution in [3.63, 3.8) is 0 Å². The van der Waals surface area contributed by atoms with Crippen molar-refractivity contribution in [2.24, 2.45) is 0 Å². The minimum Gasteiger partial charge on any atom is -0.376 e. The van der Waals surface area contributed by atoms with E-state index in [-0.39, 0.29) is 12.0 Å². The van der Waals surface area contributed by atoms with Crippen molar-refractivity contribution in [3.8, 4) is 6.07 Å². The van der Waals surface area contributed by atoms with E-state index in [1.54, 1.807) is 24.4 Å². The van der Waals surface area contributed by atoms with E-state index in [1.807, 2.05) is 18.2 Å². The molecule has 0 bridgehead atoms. The fourth-order valence-corrected chi connectivity index (χ4v) is 2.92. The molecule has 134 valence electrons. The first-order valence-corrected chi connectivity index (χ1v) is 8.84. The Balaban J connectivity index is 1.57. The predicted molar refractivity (Wildman–Crippen MR) is 98.6 cm³/mol. The van der Waals surface area contributed by atoms with Crippen LogP contribution >= 0.6 is 0 Å². The number of nitrogens with one attached hydrogen (secondary N) is 2. The van der Waals surface area contributed by atoms with E-state index >= 15 is 0 Å². The topological polar surface area (TPSA) is 87.0 Å². The number of nitrogens with zero attached hydrogens (tertiary/aromatic N) is 2. The molecule has 3 rings (SSSR count). The van der Waals surface area contributed by atoms with Crippen LogP contribution in [0.1, 0.15) is 40.7 Å². The highest BCUT2D eigenvalue weighted by molar-refractivity contribution is 5.94. The molecule has 1 aliphatic heterocycles. The minimum absolute atomic E-state index is 0.100. The molecule has 1 aromatic heterocycles. The lowest BCUT2D eigenvalue weighted by Crippen LogP contribution is -2.35. The third kappa shape index (κ3) is 4.80. The molecule has 2 N–H and O–H groups in total. The van der Waals surface area contributed by atoms with Crippen LogP contribution in [0.5, 0.6) is 0 Å². The molecule has 1 aliphatic rings. The summed E-state index contributed by atoms with van der Waals surface area (Å²) in [6.07, 6.45) is 5.00. The molecule has 0 radical (unpaired) electrons. The lowest BCUT2D eigenvalue weighted by Gasteiger charge is -2.22. The summed E-state index contributed by atoms with van der Waals surface area (Å²) in [6.45, 7) is 1.80. The van der Waals surface area contributed by atoms with Crippen molar-refractivity contribution in [1.82, 2.24) is 10.3 Å². The molecule has 2 heterocycles. The summed E-state index contributed by atoms with van der Waals surface area (Å²) in [6, 6.07) is 13.0. The highest BCUT2D eigenvalue weighted by atomic mass is 16.5. The quantitative estimate of drug-likeness (QED) is 0.836.